The third kappa shape index (κ3) is 3.70. The second-order valence-corrected chi connectivity index (χ2v) is 4.02. The van der Waals surface area contributed by atoms with E-state index in [-0.39, 0.29) is 6.04 Å². The molecule has 0 aromatic heterocycles. The fraction of sp³-hybridized carbons (Fsp3) is 0.200. The van der Waals surface area contributed by atoms with Crippen LogP contribution in [0.5, 0.6) is 0 Å². The summed E-state index contributed by atoms with van der Waals surface area (Å²) in [5.41, 5.74) is 5.44. The highest BCUT2D eigenvalue weighted by atomic mass is 16.6. The monoisotopic (exact) mass is 227 g/mol. The molecule has 2 heteroatoms. The number of hydrogen-bond acceptors (Lipinski definition) is 2. The first-order valence-corrected chi connectivity index (χ1v) is 5.82. The van der Waals surface area contributed by atoms with Crippen LogP contribution in [-0.2, 0) is 11.4 Å². The van der Waals surface area contributed by atoms with Crippen LogP contribution in [0.15, 0.2) is 60.7 Å². The number of benzene rings is 2. The van der Waals surface area contributed by atoms with Gasteiger partial charge in [0, 0.05) is 0 Å². The van der Waals surface area contributed by atoms with Gasteiger partial charge in [-0.25, -0.2) is 0 Å². The van der Waals surface area contributed by atoms with Crippen LogP contribution in [0.3, 0.4) is 0 Å². The van der Waals surface area contributed by atoms with Crippen molar-refractivity contribution in [3.8, 4) is 0 Å². The molecule has 2 aromatic carbocycles. The molecule has 2 aromatic rings. The summed E-state index contributed by atoms with van der Waals surface area (Å²) in [7, 11) is 0. The Bertz CT molecular complexity index is 427. The minimum Gasteiger partial charge on any atom is -0.296 e. The summed E-state index contributed by atoms with van der Waals surface area (Å²) in [6.45, 7) is 2.67. The van der Waals surface area contributed by atoms with Crippen LogP contribution >= 0.6 is 0 Å². The van der Waals surface area contributed by atoms with E-state index in [4.69, 9.17) is 4.84 Å². The first-order valence-electron chi connectivity index (χ1n) is 5.82. The fourth-order valence-electron chi connectivity index (χ4n) is 1.63. The van der Waals surface area contributed by atoms with Gasteiger partial charge in [-0.2, -0.15) is 5.48 Å². The van der Waals surface area contributed by atoms with E-state index < -0.39 is 0 Å². The lowest BCUT2D eigenvalue weighted by Gasteiger charge is -2.14. The Balaban J connectivity index is 1.79. The minimum absolute atomic E-state index is 0.194. The molecular formula is C15H17NO. The van der Waals surface area contributed by atoms with Crippen molar-refractivity contribution in [2.75, 3.05) is 0 Å². The fourth-order valence-corrected chi connectivity index (χ4v) is 1.63. The molecule has 0 bridgehead atoms. The summed E-state index contributed by atoms with van der Waals surface area (Å²) in [5.74, 6) is 0. The van der Waals surface area contributed by atoms with Gasteiger partial charge in [0.25, 0.3) is 0 Å². The molecule has 0 saturated heterocycles. The van der Waals surface area contributed by atoms with Crippen molar-refractivity contribution in [1.29, 1.82) is 0 Å². The first-order chi connectivity index (χ1) is 8.36. The zero-order chi connectivity index (χ0) is 11.9. The van der Waals surface area contributed by atoms with E-state index in [9.17, 15) is 0 Å². The number of hydroxylamine groups is 1. The number of hydrogen-bond donors (Lipinski definition) is 1. The standard InChI is InChI=1S/C15H17NO/c1-13(15-10-6-3-7-11-15)16-17-12-14-8-4-2-5-9-14/h2-11,13,16H,12H2,1H3/t13-/m1/s1. The molecule has 0 saturated carbocycles. The Kier molecular flexibility index (Phi) is 4.30. The lowest BCUT2D eigenvalue weighted by Crippen LogP contribution is -2.18. The van der Waals surface area contributed by atoms with Crippen molar-refractivity contribution >= 4 is 0 Å². The van der Waals surface area contributed by atoms with Crippen molar-refractivity contribution in [1.82, 2.24) is 5.48 Å². The van der Waals surface area contributed by atoms with Crippen LogP contribution in [-0.4, -0.2) is 0 Å². The average molecular weight is 227 g/mol. The van der Waals surface area contributed by atoms with Crippen LogP contribution in [0, 0.1) is 0 Å². The van der Waals surface area contributed by atoms with Gasteiger partial charge in [0.05, 0.1) is 12.6 Å². The van der Waals surface area contributed by atoms with Crippen molar-refractivity contribution in [2.24, 2.45) is 0 Å². The zero-order valence-corrected chi connectivity index (χ0v) is 9.97. The van der Waals surface area contributed by atoms with Crippen molar-refractivity contribution in [3.05, 3.63) is 71.8 Å². The van der Waals surface area contributed by atoms with Crippen molar-refractivity contribution in [2.45, 2.75) is 19.6 Å². The number of rotatable bonds is 5. The highest BCUT2D eigenvalue weighted by molar-refractivity contribution is 5.17. The van der Waals surface area contributed by atoms with E-state index in [0.717, 1.165) is 0 Å². The molecule has 2 rings (SSSR count). The van der Waals surface area contributed by atoms with E-state index in [0.29, 0.717) is 6.61 Å². The van der Waals surface area contributed by atoms with Crippen LogP contribution in [0.25, 0.3) is 0 Å². The largest absolute Gasteiger partial charge is 0.296 e. The van der Waals surface area contributed by atoms with Gasteiger partial charge in [0.15, 0.2) is 0 Å². The van der Waals surface area contributed by atoms with Gasteiger partial charge in [-0.05, 0) is 18.1 Å². The quantitative estimate of drug-likeness (QED) is 0.790. The van der Waals surface area contributed by atoms with E-state index in [2.05, 4.69) is 36.7 Å². The molecule has 0 aliphatic rings. The molecule has 17 heavy (non-hydrogen) atoms. The van der Waals surface area contributed by atoms with Gasteiger partial charge in [0.1, 0.15) is 0 Å². The summed E-state index contributed by atoms with van der Waals surface area (Å²) < 4.78 is 0. The maximum Gasteiger partial charge on any atom is 0.0933 e. The van der Waals surface area contributed by atoms with Crippen LogP contribution in [0.1, 0.15) is 24.1 Å². The van der Waals surface area contributed by atoms with Gasteiger partial charge in [-0.3, -0.25) is 4.84 Å². The molecule has 0 fully saturated rings. The Morgan fingerprint density at radius 2 is 1.53 bits per heavy atom. The SMILES string of the molecule is C[C@@H](NOCc1ccccc1)c1ccccc1. The lowest BCUT2D eigenvalue weighted by molar-refractivity contribution is 0.00698. The smallest absolute Gasteiger partial charge is 0.0933 e. The second kappa shape index (κ2) is 6.18. The second-order valence-electron chi connectivity index (χ2n) is 4.02. The summed E-state index contributed by atoms with van der Waals surface area (Å²) in [5, 5.41) is 0. The summed E-state index contributed by atoms with van der Waals surface area (Å²) >= 11 is 0. The molecule has 0 spiro atoms. The maximum absolute atomic E-state index is 5.49. The van der Waals surface area contributed by atoms with Gasteiger partial charge in [-0.1, -0.05) is 60.7 Å². The minimum atomic E-state index is 0.194. The third-order valence-electron chi connectivity index (χ3n) is 2.64. The summed E-state index contributed by atoms with van der Waals surface area (Å²) in [4.78, 5) is 5.49. The van der Waals surface area contributed by atoms with E-state index in [1.54, 1.807) is 0 Å². The van der Waals surface area contributed by atoms with Crippen molar-refractivity contribution < 1.29 is 4.84 Å². The molecular weight excluding hydrogens is 210 g/mol. The van der Waals surface area contributed by atoms with E-state index >= 15 is 0 Å². The lowest BCUT2D eigenvalue weighted by atomic mass is 10.1. The molecule has 0 aliphatic carbocycles. The van der Waals surface area contributed by atoms with E-state index in [1.807, 2.05) is 36.4 Å². The molecule has 0 aliphatic heterocycles. The molecule has 0 radical (unpaired) electrons. The van der Waals surface area contributed by atoms with Crippen LogP contribution in [0.4, 0.5) is 0 Å². The molecule has 2 nitrogen and oxygen atoms in total. The highest BCUT2D eigenvalue weighted by Gasteiger charge is 2.03. The molecule has 1 N–H and O–H groups in total. The summed E-state index contributed by atoms with van der Waals surface area (Å²) in [6.07, 6.45) is 0. The highest BCUT2D eigenvalue weighted by Crippen LogP contribution is 2.11. The van der Waals surface area contributed by atoms with Gasteiger partial charge < -0.3 is 0 Å². The molecule has 0 heterocycles. The third-order valence-corrected chi connectivity index (χ3v) is 2.64. The predicted octanol–water partition coefficient (Wildman–Crippen LogP) is 3.47. The average Bonchev–Trinajstić information content (AvgIpc) is 2.41. The predicted molar refractivity (Wildman–Crippen MR) is 69.2 cm³/mol. The Morgan fingerprint density at radius 3 is 2.18 bits per heavy atom. The normalized spacial score (nSPS) is 12.3. The van der Waals surface area contributed by atoms with Gasteiger partial charge in [-0.15, -0.1) is 0 Å². The van der Waals surface area contributed by atoms with Gasteiger partial charge >= 0.3 is 0 Å². The Morgan fingerprint density at radius 1 is 0.941 bits per heavy atom. The number of nitrogens with one attached hydrogen (secondary N) is 1. The van der Waals surface area contributed by atoms with Crippen molar-refractivity contribution in [3.63, 3.8) is 0 Å². The molecule has 1 atom stereocenters. The molecule has 88 valence electrons. The van der Waals surface area contributed by atoms with Gasteiger partial charge in [0.2, 0.25) is 0 Å². The maximum atomic E-state index is 5.49. The van der Waals surface area contributed by atoms with Crippen LogP contribution in [0.2, 0.25) is 0 Å². The summed E-state index contributed by atoms with van der Waals surface area (Å²) in [6, 6.07) is 20.6. The van der Waals surface area contributed by atoms with Crippen LogP contribution < -0.4 is 5.48 Å². The molecule has 0 unspecified atom stereocenters. The Hall–Kier alpha value is -1.64. The first kappa shape index (κ1) is 11.8. The Labute approximate surface area is 102 Å². The van der Waals surface area contributed by atoms with E-state index in [1.165, 1.54) is 11.1 Å². The topological polar surface area (TPSA) is 21.3 Å². The molecule has 0 amide bonds. The zero-order valence-electron chi connectivity index (χ0n) is 9.97.